The number of benzene rings is 1. The van der Waals surface area contributed by atoms with Crippen LogP contribution in [0.3, 0.4) is 0 Å². The van der Waals surface area contributed by atoms with Crippen LogP contribution in [0.5, 0.6) is 0 Å². The van der Waals surface area contributed by atoms with Crippen LogP contribution in [0.4, 0.5) is 10.1 Å². The van der Waals surface area contributed by atoms with Crippen molar-refractivity contribution in [3.05, 3.63) is 29.6 Å². The number of carbonyl (C=O) groups is 2. The Labute approximate surface area is 115 Å². The lowest BCUT2D eigenvalue weighted by atomic mass is 9.98. The zero-order chi connectivity index (χ0) is 14.7. The zero-order valence-electron chi connectivity index (χ0n) is 11.1. The number of carboxylic acid groups (broad SMARTS) is 1. The largest absolute Gasteiger partial charge is 0.478 e. The number of ether oxygens (including phenoxy) is 1. The summed E-state index contributed by atoms with van der Waals surface area (Å²) in [6.07, 6.45) is 1.12. The summed E-state index contributed by atoms with van der Waals surface area (Å²) >= 11 is 0. The van der Waals surface area contributed by atoms with E-state index in [1.54, 1.807) is 0 Å². The molecule has 5 nitrogen and oxygen atoms in total. The minimum absolute atomic E-state index is 0.0238. The number of carboxylic acids is 1. The Morgan fingerprint density at radius 1 is 1.50 bits per heavy atom. The fourth-order valence-electron chi connectivity index (χ4n) is 2.38. The second-order valence-corrected chi connectivity index (χ2v) is 4.70. The molecule has 1 fully saturated rings. The highest BCUT2D eigenvalue weighted by Crippen LogP contribution is 2.26. The summed E-state index contributed by atoms with van der Waals surface area (Å²) in [5.74, 6) is -2.47. The molecule has 6 heteroatoms. The van der Waals surface area contributed by atoms with E-state index in [0.29, 0.717) is 19.4 Å². The van der Waals surface area contributed by atoms with Crippen LogP contribution in [0.25, 0.3) is 0 Å². The molecule has 108 valence electrons. The second-order valence-electron chi connectivity index (χ2n) is 4.70. The molecule has 1 aromatic rings. The quantitative estimate of drug-likeness (QED) is 0.887. The average molecular weight is 281 g/mol. The van der Waals surface area contributed by atoms with Crippen molar-refractivity contribution in [2.45, 2.75) is 25.9 Å². The molecule has 0 saturated carbocycles. The molecule has 2 atom stereocenters. The van der Waals surface area contributed by atoms with Gasteiger partial charge in [0.2, 0.25) is 5.91 Å². The third-order valence-corrected chi connectivity index (χ3v) is 3.42. The molecule has 1 amide bonds. The lowest BCUT2D eigenvalue weighted by Gasteiger charge is -2.17. The first-order chi connectivity index (χ1) is 9.52. The van der Waals surface area contributed by atoms with Gasteiger partial charge in [0, 0.05) is 6.61 Å². The Hall–Kier alpha value is -1.95. The molecule has 1 aliphatic heterocycles. The molecule has 0 aromatic heterocycles. The van der Waals surface area contributed by atoms with E-state index in [1.165, 1.54) is 0 Å². The van der Waals surface area contributed by atoms with Crippen LogP contribution >= 0.6 is 0 Å². The molecule has 2 unspecified atom stereocenters. The number of carbonyl (C=O) groups excluding carboxylic acids is 1. The Bertz CT molecular complexity index is 532. The average Bonchev–Trinajstić information content (AvgIpc) is 2.86. The summed E-state index contributed by atoms with van der Waals surface area (Å²) in [6.45, 7) is 2.42. The second kappa shape index (κ2) is 6.00. The van der Waals surface area contributed by atoms with Gasteiger partial charge in [0.1, 0.15) is 5.82 Å². The lowest BCUT2D eigenvalue weighted by Crippen LogP contribution is -2.29. The highest BCUT2D eigenvalue weighted by atomic mass is 19.1. The van der Waals surface area contributed by atoms with Gasteiger partial charge in [-0.15, -0.1) is 0 Å². The van der Waals surface area contributed by atoms with Gasteiger partial charge in [-0.3, -0.25) is 4.79 Å². The standard InChI is InChI=1S/C14H16FNO4/c1-2-12-10(5-6-20-12)13(17)16-11-7-8(15)3-4-9(11)14(18)19/h3-4,7,10,12H,2,5-6H2,1H3,(H,16,17)(H,18,19). The van der Waals surface area contributed by atoms with Crippen molar-refractivity contribution in [1.29, 1.82) is 0 Å². The predicted octanol–water partition coefficient (Wildman–Crippen LogP) is 2.28. The van der Waals surface area contributed by atoms with Gasteiger partial charge in [0.25, 0.3) is 0 Å². The van der Waals surface area contributed by atoms with E-state index in [4.69, 9.17) is 9.84 Å². The molecule has 0 radical (unpaired) electrons. The maximum absolute atomic E-state index is 13.2. The Kier molecular flexibility index (Phi) is 4.34. The van der Waals surface area contributed by atoms with Crippen molar-refractivity contribution < 1.29 is 23.8 Å². The number of nitrogens with one attached hydrogen (secondary N) is 1. The number of hydrogen-bond donors (Lipinski definition) is 2. The van der Waals surface area contributed by atoms with Crippen molar-refractivity contribution in [2.75, 3.05) is 11.9 Å². The smallest absolute Gasteiger partial charge is 0.337 e. The van der Waals surface area contributed by atoms with Crippen LogP contribution in [0.2, 0.25) is 0 Å². The van der Waals surface area contributed by atoms with E-state index >= 15 is 0 Å². The molecular formula is C14H16FNO4. The predicted molar refractivity (Wildman–Crippen MR) is 70.1 cm³/mol. The normalized spacial score (nSPS) is 21.7. The molecule has 1 heterocycles. The Morgan fingerprint density at radius 2 is 2.25 bits per heavy atom. The minimum atomic E-state index is -1.21. The van der Waals surface area contributed by atoms with E-state index in [0.717, 1.165) is 18.2 Å². The van der Waals surface area contributed by atoms with Gasteiger partial charge in [0.15, 0.2) is 0 Å². The maximum atomic E-state index is 13.2. The zero-order valence-corrected chi connectivity index (χ0v) is 11.1. The topological polar surface area (TPSA) is 75.6 Å². The van der Waals surface area contributed by atoms with E-state index < -0.39 is 11.8 Å². The van der Waals surface area contributed by atoms with Gasteiger partial charge in [-0.2, -0.15) is 0 Å². The molecule has 2 rings (SSSR count). The first-order valence-electron chi connectivity index (χ1n) is 6.48. The maximum Gasteiger partial charge on any atom is 0.337 e. The summed E-state index contributed by atoms with van der Waals surface area (Å²) in [7, 11) is 0. The summed E-state index contributed by atoms with van der Waals surface area (Å²) in [5.41, 5.74) is -0.157. The van der Waals surface area contributed by atoms with E-state index in [2.05, 4.69) is 5.32 Å². The van der Waals surface area contributed by atoms with Crippen molar-refractivity contribution in [1.82, 2.24) is 0 Å². The summed E-state index contributed by atoms with van der Waals surface area (Å²) in [6, 6.07) is 3.19. The van der Waals surface area contributed by atoms with Crippen LogP contribution in [0, 0.1) is 11.7 Å². The third kappa shape index (κ3) is 2.96. The van der Waals surface area contributed by atoms with Gasteiger partial charge in [0.05, 0.1) is 23.3 Å². The molecule has 1 aliphatic rings. The van der Waals surface area contributed by atoms with Gasteiger partial charge < -0.3 is 15.2 Å². The first-order valence-corrected chi connectivity index (χ1v) is 6.48. The van der Waals surface area contributed by atoms with E-state index in [1.807, 2.05) is 6.92 Å². The molecule has 20 heavy (non-hydrogen) atoms. The summed E-state index contributed by atoms with van der Waals surface area (Å²) in [4.78, 5) is 23.2. The monoisotopic (exact) mass is 281 g/mol. The minimum Gasteiger partial charge on any atom is -0.478 e. The van der Waals surface area contributed by atoms with Gasteiger partial charge in [-0.05, 0) is 31.0 Å². The van der Waals surface area contributed by atoms with Crippen molar-refractivity contribution in [3.63, 3.8) is 0 Å². The molecule has 0 bridgehead atoms. The fourth-order valence-corrected chi connectivity index (χ4v) is 2.38. The highest BCUT2D eigenvalue weighted by molar-refractivity contribution is 6.01. The molecule has 1 saturated heterocycles. The van der Waals surface area contributed by atoms with Crippen LogP contribution < -0.4 is 5.32 Å². The SMILES string of the molecule is CCC1OCCC1C(=O)Nc1cc(F)ccc1C(=O)O. The first kappa shape index (κ1) is 14.5. The Balaban J connectivity index is 2.19. The van der Waals surface area contributed by atoms with Crippen LogP contribution in [-0.2, 0) is 9.53 Å². The molecule has 0 spiro atoms. The van der Waals surface area contributed by atoms with Crippen LogP contribution in [0.15, 0.2) is 18.2 Å². The van der Waals surface area contributed by atoms with Gasteiger partial charge >= 0.3 is 5.97 Å². The van der Waals surface area contributed by atoms with Crippen molar-refractivity contribution in [2.24, 2.45) is 5.92 Å². The van der Waals surface area contributed by atoms with E-state index in [9.17, 15) is 14.0 Å². The molecule has 1 aromatic carbocycles. The van der Waals surface area contributed by atoms with Gasteiger partial charge in [-0.1, -0.05) is 6.92 Å². The van der Waals surface area contributed by atoms with E-state index in [-0.39, 0.29) is 29.2 Å². The number of aromatic carboxylic acids is 1. The number of hydrogen-bond acceptors (Lipinski definition) is 3. The van der Waals surface area contributed by atoms with Gasteiger partial charge in [-0.25, -0.2) is 9.18 Å². The third-order valence-electron chi connectivity index (χ3n) is 3.42. The summed E-state index contributed by atoms with van der Waals surface area (Å²) < 4.78 is 18.6. The molecule has 0 aliphatic carbocycles. The number of amides is 1. The van der Waals surface area contributed by atoms with Crippen LogP contribution in [0.1, 0.15) is 30.1 Å². The molecular weight excluding hydrogens is 265 g/mol. The Morgan fingerprint density at radius 3 is 2.90 bits per heavy atom. The summed E-state index contributed by atoms with van der Waals surface area (Å²) in [5, 5.41) is 11.5. The van der Waals surface area contributed by atoms with Crippen molar-refractivity contribution in [3.8, 4) is 0 Å². The molecule has 2 N–H and O–H groups in total. The highest BCUT2D eigenvalue weighted by Gasteiger charge is 2.33. The fraction of sp³-hybridized carbons (Fsp3) is 0.429. The van der Waals surface area contributed by atoms with Crippen LogP contribution in [-0.4, -0.2) is 29.7 Å². The number of anilines is 1. The number of rotatable bonds is 4. The lowest BCUT2D eigenvalue weighted by molar-refractivity contribution is -0.121. The van der Waals surface area contributed by atoms with Crippen molar-refractivity contribution >= 4 is 17.6 Å². The number of halogens is 1.